The van der Waals surface area contributed by atoms with Gasteiger partial charge in [-0.05, 0) is 44.2 Å². The quantitative estimate of drug-likeness (QED) is 0.744. The van der Waals surface area contributed by atoms with E-state index in [-0.39, 0.29) is 11.4 Å². The highest BCUT2D eigenvalue weighted by Gasteiger charge is 2.22. The molecule has 0 saturated heterocycles. The lowest BCUT2D eigenvalue weighted by Gasteiger charge is -2.16. The molecular weight excluding hydrogens is 360 g/mol. The van der Waals surface area contributed by atoms with Crippen LogP contribution in [-0.2, 0) is 9.53 Å². The van der Waals surface area contributed by atoms with Crippen molar-refractivity contribution in [1.82, 2.24) is 4.98 Å². The predicted octanol–water partition coefficient (Wildman–Crippen LogP) is 3.33. The van der Waals surface area contributed by atoms with Crippen molar-refractivity contribution in [3.63, 3.8) is 0 Å². The first-order valence-electron chi connectivity index (χ1n) is 7.89. The number of aromatic nitrogens is 1. The molecule has 0 aliphatic carbocycles. The van der Waals surface area contributed by atoms with Crippen LogP contribution in [0.25, 0.3) is 0 Å². The number of ether oxygens (including phenoxy) is 3. The second kappa shape index (κ2) is 9.05. The first-order valence-corrected chi connectivity index (χ1v) is 8.27. The summed E-state index contributed by atoms with van der Waals surface area (Å²) in [6, 6.07) is 7.91. The molecule has 0 bridgehead atoms. The number of rotatable bonds is 7. The molecule has 0 spiro atoms. The Kier molecular flexibility index (Phi) is 6.80. The maximum atomic E-state index is 12.3. The minimum atomic E-state index is -1.05. The summed E-state index contributed by atoms with van der Waals surface area (Å²) < 4.78 is 15.7. The predicted molar refractivity (Wildman–Crippen MR) is 96.9 cm³/mol. The Morgan fingerprint density at radius 1 is 1.31 bits per heavy atom. The van der Waals surface area contributed by atoms with Crippen LogP contribution in [0.1, 0.15) is 24.2 Å². The lowest BCUT2D eigenvalue weighted by atomic mass is 10.2. The molecule has 1 aromatic carbocycles. The van der Waals surface area contributed by atoms with Gasteiger partial charge in [0.25, 0.3) is 5.91 Å². The highest BCUT2D eigenvalue weighted by molar-refractivity contribution is 6.31. The smallest absolute Gasteiger partial charge is 0.344 e. The van der Waals surface area contributed by atoms with Crippen molar-refractivity contribution in [2.45, 2.75) is 20.0 Å². The zero-order valence-corrected chi connectivity index (χ0v) is 15.4. The summed E-state index contributed by atoms with van der Waals surface area (Å²) in [6.45, 7) is 3.58. The zero-order chi connectivity index (χ0) is 19.1. The number of carbonyl (C=O) groups is 2. The average molecular weight is 379 g/mol. The van der Waals surface area contributed by atoms with Gasteiger partial charge in [0.05, 0.1) is 19.4 Å². The summed E-state index contributed by atoms with van der Waals surface area (Å²) in [5.74, 6) is -0.640. The molecule has 0 saturated carbocycles. The van der Waals surface area contributed by atoms with Gasteiger partial charge in [-0.25, -0.2) is 9.78 Å². The van der Waals surface area contributed by atoms with Crippen molar-refractivity contribution in [3.05, 3.63) is 47.1 Å². The Hall–Kier alpha value is -2.80. The monoisotopic (exact) mass is 378 g/mol. The van der Waals surface area contributed by atoms with Crippen LogP contribution in [0.15, 0.2) is 36.5 Å². The van der Waals surface area contributed by atoms with Gasteiger partial charge in [0, 0.05) is 11.2 Å². The normalized spacial score (nSPS) is 11.4. The van der Waals surface area contributed by atoms with Gasteiger partial charge in [0.15, 0.2) is 6.10 Å². The average Bonchev–Trinajstić information content (AvgIpc) is 2.62. The summed E-state index contributed by atoms with van der Waals surface area (Å²) >= 11 is 5.94. The van der Waals surface area contributed by atoms with E-state index >= 15 is 0 Å². The molecule has 7 nitrogen and oxygen atoms in total. The third-order valence-corrected chi connectivity index (χ3v) is 3.58. The molecular formula is C18H19ClN2O5. The number of benzene rings is 1. The Balaban J connectivity index is 2.08. The van der Waals surface area contributed by atoms with Crippen LogP contribution >= 0.6 is 11.6 Å². The number of amides is 1. The third kappa shape index (κ3) is 4.86. The topological polar surface area (TPSA) is 86.8 Å². The maximum Gasteiger partial charge on any atom is 0.344 e. The summed E-state index contributed by atoms with van der Waals surface area (Å²) in [5, 5.41) is 3.06. The number of nitrogens with one attached hydrogen (secondary N) is 1. The molecule has 1 amide bonds. The Labute approximate surface area is 156 Å². The number of hydrogen-bond donors (Lipinski definition) is 1. The second-order valence-electron chi connectivity index (χ2n) is 5.17. The van der Waals surface area contributed by atoms with Crippen LogP contribution in [0.5, 0.6) is 11.6 Å². The SMILES string of the molecule is CCOc1ncccc1C(=O)OC(C)C(=O)Nc1cc(Cl)ccc1OC. The van der Waals surface area contributed by atoms with E-state index in [1.54, 1.807) is 31.2 Å². The van der Waals surface area contributed by atoms with Crippen molar-refractivity contribution in [1.29, 1.82) is 0 Å². The molecule has 1 aromatic heterocycles. The molecule has 8 heteroatoms. The first kappa shape index (κ1) is 19.5. The summed E-state index contributed by atoms with van der Waals surface area (Å²) in [4.78, 5) is 28.6. The molecule has 26 heavy (non-hydrogen) atoms. The minimum Gasteiger partial charge on any atom is -0.495 e. The van der Waals surface area contributed by atoms with Crippen molar-refractivity contribution in [2.75, 3.05) is 19.0 Å². The van der Waals surface area contributed by atoms with Gasteiger partial charge in [-0.1, -0.05) is 11.6 Å². The summed E-state index contributed by atoms with van der Waals surface area (Å²) in [5.41, 5.74) is 0.526. The van der Waals surface area contributed by atoms with Gasteiger partial charge < -0.3 is 19.5 Å². The van der Waals surface area contributed by atoms with E-state index in [1.807, 2.05) is 0 Å². The number of hydrogen-bond acceptors (Lipinski definition) is 6. The van der Waals surface area contributed by atoms with E-state index in [4.69, 9.17) is 25.8 Å². The molecule has 1 atom stereocenters. The highest BCUT2D eigenvalue weighted by Crippen LogP contribution is 2.28. The minimum absolute atomic E-state index is 0.148. The van der Waals surface area contributed by atoms with Gasteiger partial charge in [-0.3, -0.25) is 4.79 Å². The molecule has 0 aliphatic heterocycles. The molecule has 0 aliphatic rings. The van der Waals surface area contributed by atoms with Crippen LogP contribution < -0.4 is 14.8 Å². The fourth-order valence-electron chi connectivity index (χ4n) is 2.09. The number of methoxy groups -OCH3 is 1. The lowest BCUT2D eigenvalue weighted by Crippen LogP contribution is -2.30. The standard InChI is InChI=1S/C18H19ClN2O5/c1-4-25-17-13(6-5-9-20-17)18(23)26-11(2)16(22)21-14-10-12(19)7-8-15(14)24-3/h5-11H,4H2,1-3H3,(H,21,22). The highest BCUT2D eigenvalue weighted by atomic mass is 35.5. The third-order valence-electron chi connectivity index (χ3n) is 3.34. The van der Waals surface area contributed by atoms with Crippen molar-refractivity contribution < 1.29 is 23.8 Å². The molecule has 1 heterocycles. The van der Waals surface area contributed by atoms with Crippen LogP contribution in [0.4, 0.5) is 5.69 Å². The molecule has 0 radical (unpaired) electrons. The Morgan fingerprint density at radius 3 is 2.77 bits per heavy atom. The van der Waals surface area contributed by atoms with Crippen molar-refractivity contribution in [2.24, 2.45) is 0 Å². The summed E-state index contributed by atoms with van der Waals surface area (Å²) in [6.07, 6.45) is 0.449. The fraction of sp³-hybridized carbons (Fsp3) is 0.278. The molecule has 1 unspecified atom stereocenters. The Bertz CT molecular complexity index is 797. The van der Waals surface area contributed by atoms with Gasteiger partial charge >= 0.3 is 5.97 Å². The molecule has 2 rings (SSSR count). The van der Waals surface area contributed by atoms with E-state index in [0.717, 1.165) is 0 Å². The number of anilines is 1. The van der Waals surface area contributed by atoms with Gasteiger partial charge in [-0.2, -0.15) is 0 Å². The number of esters is 1. The maximum absolute atomic E-state index is 12.3. The van der Waals surface area contributed by atoms with Gasteiger partial charge in [0.1, 0.15) is 11.3 Å². The second-order valence-corrected chi connectivity index (χ2v) is 5.61. The number of halogens is 1. The van der Waals surface area contributed by atoms with E-state index in [2.05, 4.69) is 10.3 Å². The van der Waals surface area contributed by atoms with E-state index in [1.165, 1.54) is 26.3 Å². The first-order chi connectivity index (χ1) is 12.5. The number of pyridine rings is 1. The molecule has 138 valence electrons. The molecule has 1 N–H and O–H groups in total. The largest absolute Gasteiger partial charge is 0.495 e. The number of nitrogens with zero attached hydrogens (tertiary/aromatic N) is 1. The van der Waals surface area contributed by atoms with Crippen molar-refractivity contribution >= 4 is 29.2 Å². The lowest BCUT2D eigenvalue weighted by molar-refractivity contribution is -0.123. The summed E-state index contributed by atoms with van der Waals surface area (Å²) in [7, 11) is 1.47. The van der Waals surface area contributed by atoms with Gasteiger partial charge in [-0.15, -0.1) is 0 Å². The van der Waals surface area contributed by atoms with Gasteiger partial charge in [0.2, 0.25) is 5.88 Å². The van der Waals surface area contributed by atoms with Crippen LogP contribution in [0, 0.1) is 0 Å². The van der Waals surface area contributed by atoms with Crippen molar-refractivity contribution in [3.8, 4) is 11.6 Å². The van der Waals surface area contributed by atoms with E-state index < -0.39 is 18.0 Å². The van der Waals surface area contributed by atoms with Crippen LogP contribution in [0.2, 0.25) is 5.02 Å². The van der Waals surface area contributed by atoms with Crippen LogP contribution in [-0.4, -0.2) is 36.7 Å². The van der Waals surface area contributed by atoms with E-state index in [0.29, 0.717) is 23.1 Å². The molecule has 2 aromatic rings. The number of carbonyl (C=O) groups excluding carboxylic acids is 2. The van der Waals surface area contributed by atoms with Crippen LogP contribution in [0.3, 0.4) is 0 Å². The van der Waals surface area contributed by atoms with E-state index in [9.17, 15) is 9.59 Å². The fourth-order valence-corrected chi connectivity index (χ4v) is 2.26. The Morgan fingerprint density at radius 2 is 2.08 bits per heavy atom. The zero-order valence-electron chi connectivity index (χ0n) is 14.6. The molecule has 0 fully saturated rings.